The number of nitrogens with zero attached hydrogens (tertiary/aromatic N) is 8. The molecule has 1 heterocycles. The molecule has 6 rings (SSSR count). The van der Waals surface area contributed by atoms with E-state index in [4.69, 9.17) is 9.07 Å². The summed E-state index contributed by atoms with van der Waals surface area (Å²) in [5, 5.41) is 66.2. The number of carbonyl (C=O) groups is 2. The van der Waals surface area contributed by atoms with E-state index in [1.54, 1.807) is 0 Å². The molecule has 23 nitrogen and oxygen atoms in total. The van der Waals surface area contributed by atoms with Crippen LogP contribution in [-0.4, -0.2) is 82.3 Å². The summed E-state index contributed by atoms with van der Waals surface area (Å²) in [6, 6.07) is 20.2. The van der Waals surface area contributed by atoms with E-state index in [-0.39, 0.29) is 59.8 Å². The molecule has 0 spiro atoms. The first-order valence-electron chi connectivity index (χ1n) is 17.3. The van der Waals surface area contributed by atoms with Crippen molar-refractivity contribution in [3.63, 3.8) is 0 Å². The number of fused-ring (bicyclic) bond motifs is 1. The van der Waals surface area contributed by atoms with E-state index in [0.717, 1.165) is 32.1 Å². The summed E-state index contributed by atoms with van der Waals surface area (Å²) in [4.78, 5) is 29.2. The highest BCUT2D eigenvalue weighted by Crippen LogP contribution is 2.45. The van der Waals surface area contributed by atoms with Crippen molar-refractivity contribution >= 4 is 89.1 Å². The van der Waals surface area contributed by atoms with Crippen LogP contribution < -0.4 is 0 Å². The number of rotatable bonds is 17. The second-order valence-electron chi connectivity index (χ2n) is 12.1. The Morgan fingerprint density at radius 3 is 2.00 bits per heavy atom. The summed E-state index contributed by atoms with van der Waals surface area (Å²) >= 11 is 0.571. The predicted molar refractivity (Wildman–Crippen MR) is 218 cm³/mol. The Balaban J connectivity index is 1.35. The third kappa shape index (κ3) is 10.2. The Labute approximate surface area is 360 Å². The molecule has 0 aliphatic heterocycles. The van der Waals surface area contributed by atoms with Gasteiger partial charge < -0.3 is 20.1 Å². The van der Waals surface area contributed by atoms with Crippen molar-refractivity contribution in [2.45, 2.75) is 14.7 Å². The van der Waals surface area contributed by atoms with Gasteiger partial charge in [-0.25, -0.2) is 14.5 Å². The highest BCUT2D eigenvalue weighted by molar-refractivity contribution is 7.94. The SMILES string of the molecule is COOOSc1cc2ccc(N=Nc3c(C(=O)OC)nn(-c4ccc(S(=O)(=O)OC)cc4)c3O)cc2c(O)c1N=Nc1ccc(N=Nc2cccc(S(=O)(=O)OC)c2)cc1C(=O)O. The molecule has 6 aromatic rings. The summed E-state index contributed by atoms with van der Waals surface area (Å²) in [5.74, 6) is -3.54. The number of hydrogen-bond donors (Lipinski definition) is 3. The number of phenolic OH excluding ortho intramolecular Hbond substituents is 1. The molecule has 0 radical (unpaired) electrons. The van der Waals surface area contributed by atoms with Gasteiger partial charge >= 0.3 is 11.9 Å². The number of carboxylic acids is 1. The fraction of sp³-hybridized carbons (Fsp3) is 0.108. The van der Waals surface area contributed by atoms with Crippen molar-refractivity contribution < 1.29 is 69.1 Å². The molecule has 3 N–H and O–H groups in total. The number of benzene rings is 5. The summed E-state index contributed by atoms with van der Waals surface area (Å²) in [6.45, 7) is 0. The highest BCUT2D eigenvalue weighted by Gasteiger charge is 2.26. The molecule has 0 saturated carbocycles. The molecular formula is C37H30N8O15S3. The number of carbonyl (C=O) groups excluding carboxylic acids is 1. The molecule has 0 saturated heterocycles. The minimum absolute atomic E-state index is 0.0663. The molecule has 0 aliphatic rings. The number of esters is 1. The van der Waals surface area contributed by atoms with Gasteiger partial charge in [0.15, 0.2) is 11.4 Å². The molecular weight excluding hydrogens is 893 g/mol. The zero-order valence-electron chi connectivity index (χ0n) is 32.7. The third-order valence-corrected chi connectivity index (χ3v) is 11.6. The van der Waals surface area contributed by atoms with Crippen LogP contribution in [0.4, 0.5) is 34.1 Å². The minimum atomic E-state index is -4.02. The Kier molecular flexibility index (Phi) is 14.0. The second kappa shape index (κ2) is 19.3. The first kappa shape index (κ1) is 45.5. The monoisotopic (exact) mass is 922 g/mol. The third-order valence-electron chi connectivity index (χ3n) is 8.40. The summed E-state index contributed by atoms with van der Waals surface area (Å²) < 4.78 is 68.0. The van der Waals surface area contributed by atoms with Gasteiger partial charge in [0, 0.05) is 5.39 Å². The maximum atomic E-state index is 12.7. The van der Waals surface area contributed by atoms with Crippen LogP contribution in [0.2, 0.25) is 0 Å². The Morgan fingerprint density at radius 2 is 1.33 bits per heavy atom. The molecule has 63 heavy (non-hydrogen) atoms. The first-order valence-corrected chi connectivity index (χ1v) is 20.8. The van der Waals surface area contributed by atoms with Crippen molar-refractivity contribution in [1.29, 1.82) is 0 Å². The quantitative estimate of drug-likeness (QED) is 0.0147. The number of hydrogen-bond acceptors (Lipinski definition) is 22. The van der Waals surface area contributed by atoms with Crippen LogP contribution >= 0.6 is 12.0 Å². The molecule has 326 valence electrons. The fourth-order valence-electron chi connectivity index (χ4n) is 5.36. The van der Waals surface area contributed by atoms with E-state index in [1.807, 2.05) is 0 Å². The number of methoxy groups -OCH3 is 1. The van der Waals surface area contributed by atoms with Crippen molar-refractivity contribution in [2.75, 3.05) is 28.4 Å². The number of aromatic nitrogens is 2. The number of ether oxygens (including phenoxy) is 1. The fourth-order valence-corrected chi connectivity index (χ4v) is 7.27. The molecule has 0 amide bonds. The average molecular weight is 923 g/mol. The van der Waals surface area contributed by atoms with Gasteiger partial charge in [0.25, 0.3) is 20.2 Å². The van der Waals surface area contributed by atoms with E-state index in [0.29, 0.717) is 17.4 Å². The maximum Gasteiger partial charge on any atom is 0.361 e. The normalized spacial score (nSPS) is 12.3. The lowest BCUT2D eigenvalue weighted by Crippen LogP contribution is -2.05. The van der Waals surface area contributed by atoms with E-state index in [1.165, 1.54) is 92.0 Å². The van der Waals surface area contributed by atoms with Crippen molar-refractivity contribution in [2.24, 2.45) is 30.7 Å². The van der Waals surface area contributed by atoms with Gasteiger partial charge in [0.1, 0.15) is 11.4 Å². The number of aromatic carboxylic acids is 1. The first-order chi connectivity index (χ1) is 30.1. The van der Waals surface area contributed by atoms with Crippen molar-refractivity contribution in [1.82, 2.24) is 9.78 Å². The van der Waals surface area contributed by atoms with E-state index in [9.17, 15) is 41.7 Å². The molecule has 0 unspecified atom stereocenters. The van der Waals surface area contributed by atoms with Crippen LogP contribution in [0, 0.1) is 0 Å². The zero-order valence-corrected chi connectivity index (χ0v) is 35.2. The van der Waals surface area contributed by atoms with Crippen LogP contribution in [0.1, 0.15) is 20.8 Å². The van der Waals surface area contributed by atoms with E-state index in [2.05, 4.69) is 54.1 Å². The number of aromatic hydroxyl groups is 2. The van der Waals surface area contributed by atoms with Gasteiger partial charge in [-0.2, -0.15) is 42.0 Å². The second-order valence-corrected chi connectivity index (χ2v) is 16.3. The minimum Gasteiger partial charge on any atom is -0.505 e. The molecule has 0 bridgehead atoms. The molecule has 0 fully saturated rings. The van der Waals surface area contributed by atoms with E-state index < -0.39 is 55.2 Å². The van der Waals surface area contributed by atoms with Crippen LogP contribution in [0.3, 0.4) is 0 Å². The summed E-state index contributed by atoms with van der Waals surface area (Å²) in [5.41, 5.74) is -1.18. The highest BCUT2D eigenvalue weighted by atomic mass is 32.2. The zero-order chi connectivity index (χ0) is 45.5. The Hall–Kier alpha value is -7.04. The lowest BCUT2D eigenvalue weighted by molar-refractivity contribution is -0.447. The van der Waals surface area contributed by atoms with Crippen LogP contribution in [0.15, 0.2) is 136 Å². The van der Waals surface area contributed by atoms with Gasteiger partial charge in [-0.15, -0.1) is 19.7 Å². The smallest absolute Gasteiger partial charge is 0.361 e. The number of azo groups is 3. The maximum absolute atomic E-state index is 12.7. The lowest BCUT2D eigenvalue weighted by Gasteiger charge is -2.10. The number of carboxylic acid groups (broad SMARTS) is 1. The van der Waals surface area contributed by atoms with E-state index >= 15 is 0 Å². The molecule has 0 aliphatic carbocycles. The topological polar surface area (TPSA) is 310 Å². The van der Waals surface area contributed by atoms with Gasteiger partial charge in [-0.3, -0.25) is 8.37 Å². The van der Waals surface area contributed by atoms with Crippen LogP contribution in [0.5, 0.6) is 11.6 Å². The molecule has 5 aromatic carbocycles. The summed E-state index contributed by atoms with van der Waals surface area (Å²) in [7, 11) is -3.75. The Morgan fingerprint density at radius 1 is 0.698 bits per heavy atom. The molecule has 1 aromatic heterocycles. The molecule has 0 atom stereocenters. The van der Waals surface area contributed by atoms with Gasteiger partial charge in [0.2, 0.25) is 11.6 Å². The van der Waals surface area contributed by atoms with Gasteiger partial charge in [-0.1, -0.05) is 17.2 Å². The standard InChI is InChI=1S/C37H30N8O15S3/c1-55-37(50)33-32(35(47)45(44-33)24-11-13-25(14-12-24)62(51,52)57-3)43-40-22-9-8-20-16-30(61-60-59-56-2)31(34(46)27(20)18-22)42-41-29-15-10-23(19-28(29)36(48)49)39-38-21-6-5-7-26(17-21)63(53,54)58-4/h5-19,46-47H,1-4H3,(H,48,49). The summed E-state index contributed by atoms with van der Waals surface area (Å²) in [6.07, 6.45) is 0. The average Bonchev–Trinajstić information content (AvgIpc) is 3.62. The number of phenols is 1. The Bertz CT molecular complexity index is 3050. The van der Waals surface area contributed by atoms with Gasteiger partial charge in [0.05, 0.1) is 83.5 Å². The predicted octanol–water partition coefficient (Wildman–Crippen LogP) is 8.35. The largest absolute Gasteiger partial charge is 0.505 e. The van der Waals surface area contributed by atoms with Crippen LogP contribution in [0.25, 0.3) is 16.5 Å². The van der Waals surface area contributed by atoms with Gasteiger partial charge in [-0.05, 0) is 84.2 Å². The van der Waals surface area contributed by atoms with Crippen molar-refractivity contribution in [3.8, 4) is 17.3 Å². The molecule has 26 heteroatoms. The van der Waals surface area contributed by atoms with Crippen LogP contribution in [-0.2, 0) is 47.6 Å². The lowest BCUT2D eigenvalue weighted by atomic mass is 10.1. The van der Waals surface area contributed by atoms with Crippen molar-refractivity contribution in [3.05, 3.63) is 102 Å².